The number of allylic oxidation sites excluding steroid dienone is 2. The zero-order valence-corrected chi connectivity index (χ0v) is 36.9. The fourth-order valence-electron chi connectivity index (χ4n) is 8.38. The third kappa shape index (κ3) is 16.0. The molecule has 3 N–H and O–H groups in total. The molecule has 0 fully saturated rings. The van der Waals surface area contributed by atoms with Crippen LogP contribution >= 0.6 is 0 Å². The Labute approximate surface area is 347 Å². The molecular formula is C45H75NO12. The number of carbonyl (C=O) groups is 3. The summed E-state index contributed by atoms with van der Waals surface area (Å²) in [7, 11) is 7.97. The van der Waals surface area contributed by atoms with E-state index >= 15 is 0 Å². The smallest absolute Gasteiger partial charge is 0.331 e. The molecule has 15 atom stereocenters. The molecule has 1 amide bonds. The van der Waals surface area contributed by atoms with Gasteiger partial charge in [-0.2, -0.15) is 0 Å². The third-order valence-electron chi connectivity index (χ3n) is 12.3. The number of methoxy groups -OCH3 is 4. The Kier molecular flexibility index (Phi) is 23.4. The van der Waals surface area contributed by atoms with Crippen LogP contribution in [0.5, 0.6) is 0 Å². The fourth-order valence-corrected chi connectivity index (χ4v) is 8.38. The summed E-state index contributed by atoms with van der Waals surface area (Å²) in [5.74, 6) is -2.97. The van der Waals surface area contributed by atoms with Crippen molar-refractivity contribution in [3.63, 3.8) is 0 Å². The molecule has 0 saturated heterocycles. The van der Waals surface area contributed by atoms with Gasteiger partial charge in [0.15, 0.2) is 0 Å². The first-order chi connectivity index (χ1) is 27.5. The number of esters is 1. The predicted octanol–water partition coefficient (Wildman–Crippen LogP) is 5.21. The molecule has 13 nitrogen and oxygen atoms in total. The topological polar surface area (TPSA) is 171 Å². The number of Topliss-reactive ketones (excluding diaryl/α,β-unsaturated/α-hetero) is 1. The van der Waals surface area contributed by atoms with E-state index in [1.54, 1.807) is 47.8 Å². The van der Waals surface area contributed by atoms with Gasteiger partial charge in [-0.25, -0.2) is 4.79 Å². The minimum atomic E-state index is -0.952. The van der Waals surface area contributed by atoms with E-state index in [0.717, 1.165) is 5.57 Å². The summed E-state index contributed by atoms with van der Waals surface area (Å²) < 4.78 is 36.3. The highest BCUT2D eigenvalue weighted by atomic mass is 16.5. The molecule has 2 rings (SSSR count). The molecule has 0 radical (unpaired) electrons. The van der Waals surface area contributed by atoms with Gasteiger partial charge < -0.3 is 48.6 Å². The number of nitrogens with zero attached hydrogens (tertiary/aromatic N) is 1. The number of fused-ring (bicyclic) bond motifs is 2. The molecule has 0 aliphatic carbocycles. The van der Waals surface area contributed by atoms with Gasteiger partial charge in [0.1, 0.15) is 11.9 Å². The van der Waals surface area contributed by atoms with Gasteiger partial charge in [0, 0.05) is 103 Å². The molecule has 332 valence electrons. The maximum Gasteiger partial charge on any atom is 0.331 e. The SMILES string of the molecule is CO[C@H]([C@H](C)/C=C/N(C)C=O)[C@@H](C)C(=O)CC[C@H](C)[C@H](O)[C@H](C)[C@H]1OC(=O)/C=C/C(C)=C/C[C@H](O)C[C@@H]2C=CC[C@@H](C[C@H](OC)[C@@H](CO)[C@@H](OC)C[C@@H](OC)[C@@H]1C)O2. The summed E-state index contributed by atoms with van der Waals surface area (Å²) >= 11 is 0. The quantitative estimate of drug-likeness (QED) is 0.0997. The van der Waals surface area contributed by atoms with Gasteiger partial charge in [0.2, 0.25) is 6.41 Å². The maximum atomic E-state index is 13.5. The molecule has 13 heteroatoms. The molecule has 58 heavy (non-hydrogen) atoms. The van der Waals surface area contributed by atoms with Crippen LogP contribution in [0.25, 0.3) is 0 Å². The largest absolute Gasteiger partial charge is 0.458 e. The van der Waals surface area contributed by atoms with Crippen molar-refractivity contribution in [1.82, 2.24) is 4.90 Å². The van der Waals surface area contributed by atoms with E-state index in [1.807, 2.05) is 59.8 Å². The molecule has 0 aromatic carbocycles. The molecule has 0 saturated carbocycles. The van der Waals surface area contributed by atoms with E-state index in [0.29, 0.717) is 44.9 Å². The number of amides is 1. The lowest BCUT2D eigenvalue weighted by molar-refractivity contribution is -0.159. The van der Waals surface area contributed by atoms with E-state index in [1.165, 1.54) is 11.0 Å². The first kappa shape index (κ1) is 51.4. The zero-order valence-electron chi connectivity index (χ0n) is 36.9. The van der Waals surface area contributed by atoms with Crippen LogP contribution in [-0.4, -0.2) is 135 Å². The summed E-state index contributed by atoms with van der Waals surface area (Å²) in [6.07, 6.45) is 11.2. The van der Waals surface area contributed by atoms with Crippen LogP contribution in [0, 0.1) is 35.5 Å². The predicted molar refractivity (Wildman–Crippen MR) is 222 cm³/mol. The van der Waals surface area contributed by atoms with Crippen molar-refractivity contribution in [3.8, 4) is 0 Å². The van der Waals surface area contributed by atoms with Crippen molar-refractivity contribution >= 4 is 18.2 Å². The monoisotopic (exact) mass is 822 g/mol. The van der Waals surface area contributed by atoms with E-state index < -0.39 is 72.4 Å². The van der Waals surface area contributed by atoms with Crippen LogP contribution < -0.4 is 0 Å². The number of ether oxygens (including phenoxy) is 6. The van der Waals surface area contributed by atoms with Crippen LogP contribution in [0.15, 0.2) is 48.2 Å². The second-order valence-electron chi connectivity index (χ2n) is 16.6. The van der Waals surface area contributed by atoms with Gasteiger partial charge in [-0.3, -0.25) is 9.59 Å². The van der Waals surface area contributed by atoms with E-state index in [-0.39, 0.29) is 42.9 Å². The van der Waals surface area contributed by atoms with Crippen LogP contribution in [0.1, 0.15) is 86.5 Å². The first-order valence-electron chi connectivity index (χ1n) is 20.9. The lowest BCUT2D eigenvalue weighted by Crippen LogP contribution is -2.47. The normalized spacial score (nSPS) is 32.8. The maximum absolute atomic E-state index is 13.5. The minimum absolute atomic E-state index is 0.00449. The van der Waals surface area contributed by atoms with Crippen molar-refractivity contribution in [1.29, 1.82) is 0 Å². The van der Waals surface area contributed by atoms with E-state index in [9.17, 15) is 29.7 Å². The summed E-state index contributed by atoms with van der Waals surface area (Å²) in [6, 6.07) is 0. The number of aliphatic hydroxyl groups is 3. The van der Waals surface area contributed by atoms with Crippen LogP contribution in [0.4, 0.5) is 0 Å². The number of cyclic esters (lactones) is 1. The number of carbonyl (C=O) groups excluding carboxylic acids is 3. The highest BCUT2D eigenvalue weighted by Crippen LogP contribution is 2.34. The summed E-state index contributed by atoms with van der Waals surface area (Å²) in [5.41, 5.74) is 0.777. The van der Waals surface area contributed by atoms with Gasteiger partial charge >= 0.3 is 5.97 Å². The lowest BCUT2D eigenvalue weighted by Gasteiger charge is -2.39. The second kappa shape index (κ2) is 26.5. The van der Waals surface area contributed by atoms with Gasteiger partial charge in [-0.05, 0) is 32.1 Å². The summed E-state index contributed by atoms with van der Waals surface area (Å²) in [5, 5.41) is 33.4. The molecule has 0 aromatic rings. The average Bonchev–Trinajstić information content (AvgIpc) is 3.22. The molecular weight excluding hydrogens is 746 g/mol. The van der Waals surface area contributed by atoms with Crippen LogP contribution in [0.3, 0.4) is 0 Å². The Morgan fingerprint density at radius 1 is 1.00 bits per heavy atom. The van der Waals surface area contributed by atoms with Crippen LogP contribution in [-0.2, 0) is 42.8 Å². The molecule has 2 aliphatic heterocycles. The van der Waals surface area contributed by atoms with Gasteiger partial charge in [0.25, 0.3) is 0 Å². The Bertz CT molecular complexity index is 1350. The standard InChI is InChI=1S/C45H75NO12/c1-28-15-18-34(49)23-35-13-12-14-36(57-35)24-40(54-9)37(26-47)41(55-10)25-39(53-8)32(5)45(58-42(51)20-16-28)33(6)43(52)29(2)17-19-38(50)31(4)44(56-11)30(3)21-22-46(7)27-48/h12-13,15-16,20-22,27,29-37,39-41,43-45,47,49,52H,14,17-19,23-26H2,1-11H3/b20-16+,22-21+,28-15+/t29-,30+,31-,32-,33-,34-,35-,36-,37+,39+,40-,41-,43-,44+,45-/m0/s1. The summed E-state index contributed by atoms with van der Waals surface area (Å²) in [4.78, 5) is 39.3. The lowest BCUT2D eigenvalue weighted by atomic mass is 9.78. The van der Waals surface area contributed by atoms with Crippen LogP contribution in [0.2, 0.25) is 0 Å². The number of hydrogen-bond donors (Lipinski definition) is 3. The average molecular weight is 822 g/mol. The molecule has 2 heterocycles. The Hall–Kier alpha value is -2.75. The van der Waals surface area contributed by atoms with Crippen molar-refractivity contribution < 1.29 is 58.1 Å². The number of ketones is 1. The van der Waals surface area contributed by atoms with Crippen molar-refractivity contribution in [2.24, 2.45) is 35.5 Å². The molecule has 0 unspecified atom stereocenters. The molecule has 0 aromatic heterocycles. The number of rotatable bonds is 17. The Balaban J connectivity index is 2.39. The van der Waals surface area contributed by atoms with Crippen molar-refractivity contribution in [2.45, 2.75) is 141 Å². The highest BCUT2D eigenvalue weighted by molar-refractivity contribution is 5.82. The zero-order chi connectivity index (χ0) is 43.5. The second-order valence-corrected chi connectivity index (χ2v) is 16.6. The number of aliphatic hydroxyl groups excluding tert-OH is 3. The molecule has 0 spiro atoms. The number of hydrogen-bond acceptors (Lipinski definition) is 12. The highest BCUT2D eigenvalue weighted by Gasteiger charge is 2.41. The Morgan fingerprint density at radius 2 is 1.66 bits per heavy atom. The van der Waals surface area contributed by atoms with Crippen molar-refractivity contribution in [2.75, 3.05) is 42.1 Å². The fraction of sp³-hybridized carbons (Fsp3) is 0.756. The van der Waals surface area contributed by atoms with Gasteiger partial charge in [-0.1, -0.05) is 70.6 Å². The third-order valence-corrected chi connectivity index (χ3v) is 12.3. The summed E-state index contributed by atoms with van der Waals surface area (Å²) in [6.45, 7) is 11.0. The molecule has 2 aliphatic rings. The molecule has 2 bridgehead atoms. The Morgan fingerprint density at radius 3 is 2.26 bits per heavy atom. The van der Waals surface area contributed by atoms with Gasteiger partial charge in [-0.15, -0.1) is 0 Å². The minimum Gasteiger partial charge on any atom is -0.458 e. The van der Waals surface area contributed by atoms with E-state index in [2.05, 4.69) is 6.08 Å². The van der Waals surface area contributed by atoms with Gasteiger partial charge in [0.05, 0.1) is 55.4 Å². The first-order valence-corrected chi connectivity index (χ1v) is 20.9. The van der Waals surface area contributed by atoms with E-state index in [4.69, 9.17) is 28.4 Å². The van der Waals surface area contributed by atoms with Crippen molar-refractivity contribution in [3.05, 3.63) is 48.2 Å².